The van der Waals surface area contributed by atoms with Crippen LogP contribution in [0.15, 0.2) is 47.7 Å². The maximum absolute atomic E-state index is 13.1. The van der Waals surface area contributed by atoms with Crippen LogP contribution >= 0.6 is 0 Å². The molecule has 0 spiro atoms. The summed E-state index contributed by atoms with van der Waals surface area (Å²) in [7, 11) is 0. The van der Waals surface area contributed by atoms with Crippen LogP contribution in [0.4, 0.5) is 0 Å². The Balaban J connectivity index is 1.61. The lowest BCUT2D eigenvalue weighted by molar-refractivity contribution is -0.125. The Morgan fingerprint density at radius 2 is 2.04 bits per heavy atom. The van der Waals surface area contributed by atoms with Gasteiger partial charge in [-0.15, -0.1) is 0 Å². The van der Waals surface area contributed by atoms with Crippen LogP contribution in [0, 0.1) is 0 Å². The van der Waals surface area contributed by atoms with Crippen LogP contribution in [0.5, 0.6) is 11.5 Å². The molecule has 27 heavy (non-hydrogen) atoms. The van der Waals surface area contributed by atoms with E-state index in [-0.39, 0.29) is 25.0 Å². The van der Waals surface area contributed by atoms with E-state index in [0.717, 1.165) is 11.3 Å². The van der Waals surface area contributed by atoms with Gasteiger partial charge in [0.05, 0.1) is 18.8 Å². The molecule has 0 bridgehead atoms. The van der Waals surface area contributed by atoms with E-state index in [1.165, 1.54) is 0 Å². The molecule has 1 N–H and O–H groups in total. The van der Waals surface area contributed by atoms with E-state index in [1.54, 1.807) is 11.1 Å². The smallest absolute Gasteiger partial charge is 0.270 e. The Labute approximate surface area is 155 Å². The van der Waals surface area contributed by atoms with E-state index in [1.807, 2.05) is 36.4 Å². The number of nitrogens with zero attached hydrogens (tertiary/aromatic N) is 3. The van der Waals surface area contributed by atoms with Crippen molar-refractivity contribution in [3.63, 3.8) is 0 Å². The Bertz CT molecular complexity index is 898. The summed E-state index contributed by atoms with van der Waals surface area (Å²) in [5.74, 6) is 0.890. The molecule has 1 aromatic carbocycles. The van der Waals surface area contributed by atoms with E-state index >= 15 is 0 Å². The number of pyridine rings is 1. The monoisotopic (exact) mass is 366 g/mol. The summed E-state index contributed by atoms with van der Waals surface area (Å²) in [5.41, 5.74) is 4.31. The Morgan fingerprint density at radius 1 is 1.11 bits per heavy atom. The molecule has 1 aromatic heterocycles. The van der Waals surface area contributed by atoms with Gasteiger partial charge in [-0.2, -0.15) is 5.10 Å². The summed E-state index contributed by atoms with van der Waals surface area (Å²) in [5, 5.41) is 3.94. The zero-order valence-electron chi connectivity index (χ0n) is 14.6. The first-order valence-electron chi connectivity index (χ1n) is 8.63. The first-order valence-corrected chi connectivity index (χ1v) is 8.63. The minimum Gasteiger partial charge on any atom is -0.454 e. The highest BCUT2D eigenvalue weighted by Crippen LogP contribution is 2.36. The first-order chi connectivity index (χ1) is 13.2. The molecule has 3 heterocycles. The van der Waals surface area contributed by atoms with Gasteiger partial charge in [0.15, 0.2) is 11.5 Å². The first kappa shape index (κ1) is 17.0. The molecular weight excluding hydrogens is 348 g/mol. The zero-order valence-corrected chi connectivity index (χ0v) is 14.6. The molecule has 0 saturated carbocycles. The van der Waals surface area contributed by atoms with E-state index in [2.05, 4.69) is 15.5 Å². The number of aromatic nitrogens is 1. The summed E-state index contributed by atoms with van der Waals surface area (Å²) in [6.07, 6.45) is 2.25. The summed E-state index contributed by atoms with van der Waals surface area (Å²) in [4.78, 5) is 30.3. The molecule has 0 unspecified atom stereocenters. The Hall–Kier alpha value is -3.42. The lowest BCUT2D eigenvalue weighted by Crippen LogP contribution is -2.39. The topological polar surface area (TPSA) is 93.1 Å². The number of hydrogen-bond acceptors (Lipinski definition) is 6. The summed E-state index contributed by atoms with van der Waals surface area (Å²) in [6, 6.07) is 11.2. The van der Waals surface area contributed by atoms with Gasteiger partial charge in [0.1, 0.15) is 5.71 Å². The van der Waals surface area contributed by atoms with Crippen LogP contribution < -0.4 is 14.9 Å². The van der Waals surface area contributed by atoms with Crippen molar-refractivity contribution in [3.05, 3.63) is 53.9 Å². The molecule has 4 rings (SSSR count). The number of hydrogen-bond donors (Lipinski definition) is 1. The van der Waals surface area contributed by atoms with Crippen molar-refractivity contribution in [2.75, 3.05) is 6.79 Å². The number of carbonyl (C=O) groups is 2. The van der Waals surface area contributed by atoms with Gasteiger partial charge in [0.2, 0.25) is 12.7 Å². The maximum atomic E-state index is 13.1. The highest BCUT2D eigenvalue weighted by molar-refractivity contribution is 6.39. The summed E-state index contributed by atoms with van der Waals surface area (Å²) in [6.45, 7) is 0.797. The fourth-order valence-electron chi connectivity index (χ4n) is 3.02. The van der Waals surface area contributed by atoms with Crippen LogP contribution in [-0.2, 0) is 22.7 Å². The highest BCUT2D eigenvalue weighted by atomic mass is 16.7. The third-order valence-electron chi connectivity index (χ3n) is 4.36. The van der Waals surface area contributed by atoms with Gasteiger partial charge in [-0.25, -0.2) is 5.43 Å². The standard InChI is InChI=1S/C19H18N4O4/c24-17-8-7-15(21-22-17)19(25)23(11-14-5-1-2-9-20-14)10-13-4-3-6-16-18(13)27-12-26-16/h1-6,9H,7-8,10-12H2,(H,22,24). The third kappa shape index (κ3) is 3.74. The number of ether oxygens (including phenoxy) is 2. The van der Waals surface area contributed by atoms with Gasteiger partial charge in [-0.3, -0.25) is 14.6 Å². The Kier molecular flexibility index (Phi) is 4.69. The summed E-state index contributed by atoms with van der Waals surface area (Å²) >= 11 is 0. The number of fused-ring (bicyclic) bond motifs is 1. The lowest BCUT2D eigenvalue weighted by Gasteiger charge is -2.24. The summed E-state index contributed by atoms with van der Waals surface area (Å²) < 4.78 is 11.0. The molecule has 0 aliphatic carbocycles. The maximum Gasteiger partial charge on any atom is 0.270 e. The van der Waals surface area contributed by atoms with E-state index in [4.69, 9.17) is 9.47 Å². The van der Waals surface area contributed by atoms with Gasteiger partial charge in [0.25, 0.3) is 5.91 Å². The van der Waals surface area contributed by atoms with Gasteiger partial charge >= 0.3 is 0 Å². The minimum absolute atomic E-state index is 0.166. The number of carbonyl (C=O) groups excluding carboxylic acids is 2. The highest BCUT2D eigenvalue weighted by Gasteiger charge is 2.26. The van der Waals surface area contributed by atoms with Gasteiger partial charge in [-0.1, -0.05) is 18.2 Å². The number of benzene rings is 1. The second kappa shape index (κ2) is 7.45. The number of para-hydroxylation sites is 1. The molecule has 2 amide bonds. The second-order valence-corrected chi connectivity index (χ2v) is 6.23. The van der Waals surface area contributed by atoms with E-state index in [0.29, 0.717) is 36.7 Å². The number of rotatable bonds is 5. The van der Waals surface area contributed by atoms with Crippen LogP contribution in [0.25, 0.3) is 0 Å². The predicted molar refractivity (Wildman–Crippen MR) is 95.9 cm³/mol. The number of hydrazone groups is 1. The van der Waals surface area contributed by atoms with Crippen molar-refractivity contribution in [2.24, 2.45) is 5.10 Å². The van der Waals surface area contributed by atoms with Crippen LogP contribution in [0.2, 0.25) is 0 Å². The fourth-order valence-corrected chi connectivity index (χ4v) is 3.02. The van der Waals surface area contributed by atoms with Gasteiger partial charge in [-0.05, 0) is 18.2 Å². The molecule has 8 nitrogen and oxygen atoms in total. The van der Waals surface area contributed by atoms with E-state index in [9.17, 15) is 9.59 Å². The molecule has 2 aliphatic heterocycles. The van der Waals surface area contributed by atoms with Crippen molar-refractivity contribution < 1.29 is 19.1 Å². The van der Waals surface area contributed by atoms with Gasteiger partial charge in [0, 0.05) is 24.6 Å². The largest absolute Gasteiger partial charge is 0.454 e. The quantitative estimate of drug-likeness (QED) is 0.868. The Morgan fingerprint density at radius 3 is 2.81 bits per heavy atom. The van der Waals surface area contributed by atoms with Crippen LogP contribution in [-0.4, -0.2) is 34.2 Å². The van der Waals surface area contributed by atoms with Crippen molar-refractivity contribution in [1.29, 1.82) is 0 Å². The fraction of sp³-hybridized carbons (Fsp3) is 0.263. The minimum atomic E-state index is -0.239. The predicted octanol–water partition coefficient (Wildman–Crippen LogP) is 1.61. The van der Waals surface area contributed by atoms with E-state index < -0.39 is 0 Å². The van der Waals surface area contributed by atoms with Crippen LogP contribution in [0.1, 0.15) is 24.1 Å². The molecule has 2 aromatic rings. The van der Waals surface area contributed by atoms with Crippen molar-refractivity contribution in [3.8, 4) is 11.5 Å². The third-order valence-corrected chi connectivity index (χ3v) is 4.36. The second-order valence-electron chi connectivity index (χ2n) is 6.23. The molecule has 0 radical (unpaired) electrons. The SMILES string of the molecule is O=C1CCC(C(=O)N(Cc2ccccn2)Cc2cccc3c2OCO3)=NN1. The van der Waals surface area contributed by atoms with Crippen molar-refractivity contribution in [2.45, 2.75) is 25.9 Å². The number of nitrogens with one attached hydrogen (secondary N) is 1. The average molecular weight is 366 g/mol. The molecule has 138 valence electrons. The van der Waals surface area contributed by atoms with Crippen molar-refractivity contribution >= 4 is 17.5 Å². The molecular formula is C19H18N4O4. The van der Waals surface area contributed by atoms with Crippen molar-refractivity contribution in [1.82, 2.24) is 15.3 Å². The molecule has 0 atom stereocenters. The number of amides is 2. The normalized spacial score (nSPS) is 15.1. The average Bonchev–Trinajstić information content (AvgIpc) is 3.18. The molecule has 0 saturated heterocycles. The van der Waals surface area contributed by atoms with Crippen LogP contribution in [0.3, 0.4) is 0 Å². The lowest BCUT2D eigenvalue weighted by atomic mass is 10.1. The molecule has 8 heteroatoms. The van der Waals surface area contributed by atoms with Gasteiger partial charge < -0.3 is 14.4 Å². The molecule has 0 fully saturated rings. The molecule has 2 aliphatic rings. The zero-order chi connectivity index (χ0) is 18.6.